The number of fused-ring (bicyclic) bond motifs is 1. The van der Waals surface area contributed by atoms with Crippen LogP contribution in [0.1, 0.15) is 33.9 Å². The highest BCUT2D eigenvalue weighted by Crippen LogP contribution is 2.22. The van der Waals surface area contributed by atoms with Crippen molar-refractivity contribution in [1.29, 1.82) is 0 Å². The van der Waals surface area contributed by atoms with Crippen LogP contribution in [0.15, 0.2) is 42.6 Å². The average Bonchev–Trinajstić information content (AvgIpc) is 3.02. The number of nitrogens with zero attached hydrogens (tertiary/aromatic N) is 3. The van der Waals surface area contributed by atoms with Crippen LogP contribution in [0.5, 0.6) is 0 Å². The lowest BCUT2D eigenvalue weighted by Crippen LogP contribution is -2.47. The Bertz CT molecular complexity index is 909. The minimum absolute atomic E-state index is 0.0118. The van der Waals surface area contributed by atoms with E-state index in [-0.39, 0.29) is 11.9 Å². The zero-order valence-electron chi connectivity index (χ0n) is 14.8. The lowest BCUT2D eigenvalue weighted by molar-refractivity contribution is 0.0900. The van der Waals surface area contributed by atoms with Gasteiger partial charge in [-0.1, -0.05) is 6.07 Å². The van der Waals surface area contributed by atoms with Crippen molar-refractivity contribution in [2.24, 2.45) is 0 Å². The van der Waals surface area contributed by atoms with Crippen molar-refractivity contribution >= 4 is 27.5 Å². The minimum atomic E-state index is -0.0118. The van der Waals surface area contributed by atoms with Crippen LogP contribution < -0.4 is 5.32 Å². The number of rotatable bonds is 4. The Morgan fingerprint density at radius 2 is 2.27 bits per heavy atom. The van der Waals surface area contributed by atoms with Crippen LogP contribution in [-0.4, -0.2) is 39.9 Å². The molecule has 3 aromatic rings. The molecule has 4 rings (SSSR count). The molecule has 1 N–H and O–H groups in total. The van der Waals surface area contributed by atoms with Gasteiger partial charge in [0, 0.05) is 30.9 Å². The van der Waals surface area contributed by atoms with E-state index in [1.54, 1.807) is 11.3 Å². The van der Waals surface area contributed by atoms with E-state index < -0.39 is 0 Å². The molecular formula is C20H22N4OS. The molecule has 1 unspecified atom stereocenters. The molecule has 0 spiro atoms. The van der Waals surface area contributed by atoms with E-state index >= 15 is 0 Å². The van der Waals surface area contributed by atoms with E-state index in [1.807, 2.05) is 49.5 Å². The normalized spacial score (nSPS) is 18.1. The summed E-state index contributed by atoms with van der Waals surface area (Å²) in [7, 11) is 0. The summed E-state index contributed by atoms with van der Waals surface area (Å²) in [5.74, 6) is -0.0118. The van der Waals surface area contributed by atoms with Crippen LogP contribution >= 0.6 is 11.3 Å². The molecule has 2 aromatic heterocycles. The number of hydrogen-bond acceptors (Lipinski definition) is 5. The molecule has 1 aliphatic heterocycles. The Kier molecular flexibility index (Phi) is 4.95. The zero-order chi connectivity index (χ0) is 17.9. The number of thiazole rings is 1. The first kappa shape index (κ1) is 17.1. The first-order valence-electron chi connectivity index (χ1n) is 8.98. The molecule has 1 aromatic carbocycles. The first-order chi connectivity index (χ1) is 12.7. The predicted molar refractivity (Wildman–Crippen MR) is 104 cm³/mol. The maximum atomic E-state index is 12.7. The topological polar surface area (TPSA) is 58.1 Å². The van der Waals surface area contributed by atoms with E-state index in [1.165, 1.54) is 0 Å². The van der Waals surface area contributed by atoms with Crippen LogP contribution in [0.3, 0.4) is 0 Å². The molecule has 0 aliphatic carbocycles. The summed E-state index contributed by atoms with van der Waals surface area (Å²) in [6.07, 6.45) is 3.93. The van der Waals surface area contributed by atoms with E-state index in [9.17, 15) is 4.79 Å². The second-order valence-corrected chi connectivity index (χ2v) is 8.02. The number of piperidine rings is 1. The molecule has 1 saturated heterocycles. The third-order valence-corrected chi connectivity index (χ3v) is 5.66. The van der Waals surface area contributed by atoms with E-state index in [0.29, 0.717) is 5.56 Å². The molecule has 1 amide bonds. The smallest absolute Gasteiger partial charge is 0.251 e. The molecule has 5 nitrogen and oxygen atoms in total. The number of hydrogen-bond donors (Lipinski definition) is 1. The zero-order valence-corrected chi connectivity index (χ0v) is 15.6. The number of carbonyl (C=O) groups excluding carboxylic acids is 1. The third kappa shape index (κ3) is 3.92. The first-order valence-corrected chi connectivity index (χ1v) is 9.79. The van der Waals surface area contributed by atoms with Crippen molar-refractivity contribution in [2.45, 2.75) is 32.4 Å². The lowest BCUT2D eigenvalue weighted by Gasteiger charge is -2.32. The molecule has 26 heavy (non-hydrogen) atoms. The highest BCUT2D eigenvalue weighted by molar-refractivity contribution is 7.18. The van der Waals surface area contributed by atoms with Crippen LogP contribution in [0.4, 0.5) is 0 Å². The maximum absolute atomic E-state index is 12.7. The van der Waals surface area contributed by atoms with E-state index in [0.717, 1.165) is 53.4 Å². The third-order valence-electron chi connectivity index (χ3n) is 4.71. The van der Waals surface area contributed by atoms with Crippen LogP contribution in [0.25, 0.3) is 10.2 Å². The summed E-state index contributed by atoms with van der Waals surface area (Å²) in [6.45, 7) is 4.73. The fourth-order valence-corrected chi connectivity index (χ4v) is 4.30. The number of amides is 1. The Morgan fingerprint density at radius 1 is 1.35 bits per heavy atom. The molecule has 134 valence electrons. The van der Waals surface area contributed by atoms with Gasteiger partial charge in [0.25, 0.3) is 5.91 Å². The van der Waals surface area contributed by atoms with Crippen molar-refractivity contribution in [1.82, 2.24) is 20.2 Å². The number of carbonyl (C=O) groups is 1. The fraction of sp³-hybridized carbons (Fsp3) is 0.350. The molecule has 1 atom stereocenters. The summed E-state index contributed by atoms with van der Waals surface area (Å²) in [5, 5.41) is 4.22. The Balaban J connectivity index is 1.39. The van der Waals surface area contributed by atoms with Crippen LogP contribution in [0, 0.1) is 6.92 Å². The largest absolute Gasteiger partial charge is 0.348 e. The molecule has 0 radical (unpaired) electrons. The average molecular weight is 366 g/mol. The predicted octanol–water partition coefficient (Wildman–Crippen LogP) is 3.39. The second kappa shape index (κ2) is 7.51. The van der Waals surface area contributed by atoms with Crippen molar-refractivity contribution < 1.29 is 4.79 Å². The molecule has 1 fully saturated rings. The van der Waals surface area contributed by atoms with E-state index in [2.05, 4.69) is 20.2 Å². The number of benzene rings is 1. The van der Waals surface area contributed by atoms with Gasteiger partial charge in [-0.25, -0.2) is 4.98 Å². The van der Waals surface area contributed by atoms with Gasteiger partial charge in [0.2, 0.25) is 0 Å². The summed E-state index contributed by atoms with van der Waals surface area (Å²) in [6, 6.07) is 11.9. The SMILES string of the molecule is Cc1nc2cc(C(=O)NC3CCCN(Cc4ccccn4)C3)ccc2s1. The summed E-state index contributed by atoms with van der Waals surface area (Å²) >= 11 is 1.65. The van der Waals surface area contributed by atoms with Gasteiger partial charge in [0.1, 0.15) is 0 Å². The van der Waals surface area contributed by atoms with Gasteiger partial charge >= 0.3 is 0 Å². The Morgan fingerprint density at radius 3 is 3.12 bits per heavy atom. The summed E-state index contributed by atoms with van der Waals surface area (Å²) in [4.78, 5) is 23.9. The highest BCUT2D eigenvalue weighted by atomic mass is 32.1. The van der Waals surface area contributed by atoms with Gasteiger partial charge in [0.05, 0.1) is 20.9 Å². The number of aromatic nitrogens is 2. The van der Waals surface area contributed by atoms with Crippen molar-refractivity contribution in [3.8, 4) is 0 Å². The molecule has 1 aliphatic rings. The molecule has 0 bridgehead atoms. The summed E-state index contributed by atoms with van der Waals surface area (Å²) in [5.41, 5.74) is 2.66. The number of likely N-dealkylation sites (tertiary alicyclic amines) is 1. The lowest BCUT2D eigenvalue weighted by atomic mass is 10.0. The standard InChI is InChI=1S/C20H22N4OS/c1-14-22-18-11-15(7-8-19(18)26-14)20(25)23-17-6-4-10-24(13-17)12-16-5-2-3-9-21-16/h2-3,5,7-9,11,17H,4,6,10,12-13H2,1H3,(H,23,25). The monoisotopic (exact) mass is 366 g/mol. The quantitative estimate of drug-likeness (QED) is 0.769. The van der Waals surface area contributed by atoms with Gasteiger partial charge in [-0.05, 0) is 56.6 Å². The van der Waals surface area contributed by atoms with Gasteiger partial charge in [0.15, 0.2) is 0 Å². The maximum Gasteiger partial charge on any atom is 0.251 e. The Hall–Kier alpha value is -2.31. The van der Waals surface area contributed by atoms with E-state index in [4.69, 9.17) is 0 Å². The number of pyridine rings is 1. The van der Waals surface area contributed by atoms with Gasteiger partial charge in [-0.2, -0.15) is 0 Å². The number of nitrogens with one attached hydrogen (secondary N) is 1. The molecule has 0 saturated carbocycles. The highest BCUT2D eigenvalue weighted by Gasteiger charge is 2.22. The molecule has 6 heteroatoms. The summed E-state index contributed by atoms with van der Waals surface area (Å²) < 4.78 is 1.12. The minimum Gasteiger partial charge on any atom is -0.348 e. The molecule has 3 heterocycles. The molecular weight excluding hydrogens is 344 g/mol. The van der Waals surface area contributed by atoms with Crippen molar-refractivity contribution in [3.63, 3.8) is 0 Å². The van der Waals surface area contributed by atoms with Gasteiger partial charge in [-0.3, -0.25) is 14.7 Å². The number of aryl methyl sites for hydroxylation is 1. The van der Waals surface area contributed by atoms with Gasteiger partial charge in [-0.15, -0.1) is 11.3 Å². The van der Waals surface area contributed by atoms with Crippen LogP contribution in [-0.2, 0) is 6.54 Å². The van der Waals surface area contributed by atoms with Crippen molar-refractivity contribution in [2.75, 3.05) is 13.1 Å². The fourth-order valence-electron chi connectivity index (χ4n) is 3.49. The Labute approximate surface area is 157 Å². The van der Waals surface area contributed by atoms with Crippen molar-refractivity contribution in [3.05, 3.63) is 58.9 Å². The van der Waals surface area contributed by atoms with Gasteiger partial charge < -0.3 is 5.32 Å². The second-order valence-electron chi connectivity index (χ2n) is 6.78. The van der Waals surface area contributed by atoms with Crippen LogP contribution in [0.2, 0.25) is 0 Å².